The second-order valence-corrected chi connectivity index (χ2v) is 12.4. The number of esters is 1. The van der Waals surface area contributed by atoms with Crippen molar-refractivity contribution in [2.75, 3.05) is 20.8 Å². The van der Waals surface area contributed by atoms with Gasteiger partial charge >= 0.3 is 5.97 Å². The molecule has 1 fully saturated rings. The summed E-state index contributed by atoms with van der Waals surface area (Å²) in [5.41, 5.74) is 2.64. The Balaban J connectivity index is 1.54. The fraction of sp³-hybridized carbons (Fsp3) is 0.310. The average molecular weight is 606 g/mol. The maximum Gasteiger partial charge on any atom is 0.328 e. The number of nitrogens with zero attached hydrogens (tertiary/aromatic N) is 1. The molecule has 1 heterocycles. The Morgan fingerprint density at radius 3 is 2.30 bits per heavy atom. The Kier molecular flexibility index (Phi) is 9.41. The van der Waals surface area contributed by atoms with E-state index >= 15 is 0 Å². The van der Waals surface area contributed by atoms with E-state index in [9.17, 15) is 18.0 Å². The minimum Gasteiger partial charge on any atom is -0.496 e. The Hall–Kier alpha value is -3.11. The fourth-order valence-corrected chi connectivity index (χ4v) is 7.34. The third kappa shape index (κ3) is 6.44. The molecule has 4 rings (SSSR count). The molecule has 1 aliphatic rings. The van der Waals surface area contributed by atoms with Crippen molar-refractivity contribution in [1.82, 2.24) is 9.62 Å². The van der Waals surface area contributed by atoms with Gasteiger partial charge in [0.1, 0.15) is 17.8 Å². The van der Waals surface area contributed by atoms with Crippen molar-refractivity contribution in [1.29, 1.82) is 0 Å². The Bertz CT molecular complexity index is 1480. The van der Waals surface area contributed by atoms with Gasteiger partial charge in [-0.25, -0.2) is 13.2 Å². The molecule has 0 aromatic heterocycles. The lowest BCUT2D eigenvalue weighted by Gasteiger charge is -2.27. The molecule has 11 heteroatoms. The van der Waals surface area contributed by atoms with Crippen LogP contribution in [-0.2, 0) is 30.8 Å². The number of carbonyl (C=O) groups is 2. The molecule has 3 aromatic rings. The quantitative estimate of drug-likeness (QED) is 0.346. The van der Waals surface area contributed by atoms with Gasteiger partial charge in [-0.1, -0.05) is 72.6 Å². The van der Waals surface area contributed by atoms with Gasteiger partial charge in [0.05, 0.1) is 19.1 Å². The first kappa shape index (κ1) is 29.9. The number of halogens is 2. The van der Waals surface area contributed by atoms with E-state index in [4.69, 9.17) is 32.7 Å². The van der Waals surface area contributed by atoms with Gasteiger partial charge in [-0.15, -0.1) is 0 Å². The smallest absolute Gasteiger partial charge is 0.328 e. The number of nitrogens with one attached hydrogen (secondary N) is 1. The van der Waals surface area contributed by atoms with Crippen molar-refractivity contribution < 1.29 is 27.5 Å². The zero-order chi connectivity index (χ0) is 29.0. The molecular formula is C29H30Cl2N2O6S. The van der Waals surface area contributed by atoms with Crippen LogP contribution in [0.4, 0.5) is 0 Å². The van der Waals surface area contributed by atoms with Crippen LogP contribution < -0.4 is 10.1 Å². The van der Waals surface area contributed by atoms with Crippen molar-refractivity contribution in [2.45, 2.75) is 36.7 Å². The molecule has 0 bridgehead atoms. The standard InChI is InChI=1S/C29H30Cl2N2O6S/c1-18-12-13-33(40(36,37)23-16-21(30)15-22(31)17-23)27(18)28(34)32-25(29(35)39-3)14-19-8-10-20(11-9-19)24-6-4-5-7-26(24)38-2/h4-11,15-18,25,27H,12-14H2,1-3H3,(H,32,34)/t18-,25?,27?/m1/s1. The number of para-hydroxylation sites is 1. The summed E-state index contributed by atoms with van der Waals surface area (Å²) >= 11 is 12.1. The predicted octanol–water partition coefficient (Wildman–Crippen LogP) is 4.97. The molecule has 0 saturated carbocycles. The zero-order valence-corrected chi connectivity index (χ0v) is 24.6. The normalized spacial score (nSPS) is 18.2. The van der Waals surface area contributed by atoms with Crippen LogP contribution in [0, 0.1) is 5.92 Å². The Labute approximate surface area is 244 Å². The minimum absolute atomic E-state index is 0.100. The van der Waals surface area contributed by atoms with E-state index in [0.29, 0.717) is 6.42 Å². The maximum atomic E-state index is 13.5. The monoisotopic (exact) mass is 604 g/mol. The molecule has 40 heavy (non-hydrogen) atoms. The first-order valence-corrected chi connectivity index (χ1v) is 14.8. The van der Waals surface area contributed by atoms with Crippen molar-refractivity contribution >= 4 is 45.1 Å². The lowest BCUT2D eigenvalue weighted by atomic mass is 9.99. The van der Waals surface area contributed by atoms with E-state index in [2.05, 4.69) is 5.32 Å². The number of hydrogen-bond donors (Lipinski definition) is 1. The molecule has 8 nitrogen and oxygen atoms in total. The van der Waals surface area contributed by atoms with Crippen LogP contribution in [0.15, 0.2) is 71.6 Å². The summed E-state index contributed by atoms with van der Waals surface area (Å²) in [6.07, 6.45) is 0.626. The summed E-state index contributed by atoms with van der Waals surface area (Å²) in [5, 5.41) is 3.07. The van der Waals surface area contributed by atoms with Gasteiger partial charge in [0.25, 0.3) is 0 Å². The second kappa shape index (κ2) is 12.6. The Morgan fingerprint density at radius 2 is 1.68 bits per heavy atom. The van der Waals surface area contributed by atoms with Crippen molar-refractivity contribution in [3.05, 3.63) is 82.3 Å². The Morgan fingerprint density at radius 1 is 1.02 bits per heavy atom. The summed E-state index contributed by atoms with van der Waals surface area (Å²) in [5.74, 6) is -0.769. The van der Waals surface area contributed by atoms with Crippen molar-refractivity contribution in [3.63, 3.8) is 0 Å². The fourth-order valence-electron chi connectivity index (χ4n) is 4.92. The van der Waals surface area contributed by atoms with Crippen molar-refractivity contribution in [2.24, 2.45) is 5.92 Å². The van der Waals surface area contributed by atoms with Crippen LogP contribution in [0.25, 0.3) is 11.1 Å². The van der Waals surface area contributed by atoms with Gasteiger partial charge < -0.3 is 14.8 Å². The minimum atomic E-state index is -4.09. The number of carbonyl (C=O) groups excluding carboxylic acids is 2. The molecule has 0 spiro atoms. The van der Waals surface area contributed by atoms with E-state index in [0.717, 1.165) is 26.7 Å². The highest BCUT2D eigenvalue weighted by atomic mass is 35.5. The number of amides is 1. The number of sulfonamides is 1. The second-order valence-electron chi connectivity index (χ2n) is 9.62. The number of methoxy groups -OCH3 is 2. The van der Waals surface area contributed by atoms with Crippen LogP contribution in [0.3, 0.4) is 0 Å². The molecule has 212 valence electrons. The van der Waals surface area contributed by atoms with Crippen LogP contribution in [0.1, 0.15) is 18.9 Å². The highest BCUT2D eigenvalue weighted by Gasteiger charge is 2.44. The number of benzene rings is 3. The van der Waals surface area contributed by atoms with Gasteiger partial charge in [0, 0.05) is 28.6 Å². The average Bonchev–Trinajstić information content (AvgIpc) is 3.34. The molecule has 1 N–H and O–H groups in total. The highest BCUT2D eigenvalue weighted by molar-refractivity contribution is 7.89. The molecule has 0 aliphatic carbocycles. The lowest BCUT2D eigenvalue weighted by Crippen LogP contribution is -2.53. The summed E-state index contributed by atoms with van der Waals surface area (Å²) in [7, 11) is -1.24. The molecule has 1 amide bonds. The topological polar surface area (TPSA) is 102 Å². The van der Waals surface area contributed by atoms with E-state index in [1.807, 2.05) is 48.5 Å². The van der Waals surface area contributed by atoms with E-state index in [1.54, 1.807) is 14.0 Å². The highest BCUT2D eigenvalue weighted by Crippen LogP contribution is 2.33. The summed E-state index contributed by atoms with van der Waals surface area (Å²) in [6.45, 7) is 1.94. The molecule has 2 unspecified atom stereocenters. The van der Waals surface area contributed by atoms with Gasteiger partial charge in [-0.2, -0.15) is 4.31 Å². The van der Waals surface area contributed by atoms with E-state index < -0.39 is 34.0 Å². The van der Waals surface area contributed by atoms with Crippen LogP contribution in [-0.4, -0.2) is 57.4 Å². The summed E-state index contributed by atoms with van der Waals surface area (Å²) in [6, 6.07) is 17.2. The first-order chi connectivity index (χ1) is 19.0. The summed E-state index contributed by atoms with van der Waals surface area (Å²) in [4.78, 5) is 26.1. The maximum absolute atomic E-state index is 13.5. The molecule has 3 aromatic carbocycles. The number of hydrogen-bond acceptors (Lipinski definition) is 6. The third-order valence-corrected chi connectivity index (χ3v) is 9.27. The zero-order valence-electron chi connectivity index (χ0n) is 22.3. The summed E-state index contributed by atoms with van der Waals surface area (Å²) < 4.78 is 38.5. The SMILES string of the molecule is COC(=O)C(Cc1ccc(-c2ccccc2OC)cc1)NC(=O)C1[C@H](C)CCN1S(=O)(=O)c1cc(Cl)cc(Cl)c1. The number of rotatable bonds is 9. The predicted molar refractivity (Wildman–Crippen MR) is 154 cm³/mol. The van der Waals surface area contributed by atoms with Crippen LogP contribution in [0.2, 0.25) is 10.0 Å². The van der Waals surface area contributed by atoms with Crippen LogP contribution >= 0.6 is 23.2 Å². The first-order valence-electron chi connectivity index (χ1n) is 12.6. The van der Waals surface area contributed by atoms with Gasteiger partial charge in [0.2, 0.25) is 15.9 Å². The van der Waals surface area contributed by atoms with Crippen LogP contribution in [0.5, 0.6) is 5.75 Å². The number of ether oxygens (including phenoxy) is 2. The van der Waals surface area contributed by atoms with Crippen molar-refractivity contribution in [3.8, 4) is 16.9 Å². The van der Waals surface area contributed by atoms with Gasteiger partial charge in [0.15, 0.2) is 0 Å². The van der Waals surface area contributed by atoms with E-state index in [-0.39, 0.29) is 33.8 Å². The molecular weight excluding hydrogens is 575 g/mol. The molecule has 3 atom stereocenters. The molecule has 1 saturated heterocycles. The van der Waals surface area contributed by atoms with Gasteiger partial charge in [-0.3, -0.25) is 4.79 Å². The largest absolute Gasteiger partial charge is 0.496 e. The molecule has 0 radical (unpaired) electrons. The third-order valence-electron chi connectivity index (χ3n) is 6.98. The van der Waals surface area contributed by atoms with E-state index in [1.165, 1.54) is 25.3 Å². The van der Waals surface area contributed by atoms with Gasteiger partial charge in [-0.05, 0) is 47.7 Å². The lowest BCUT2D eigenvalue weighted by molar-refractivity contribution is -0.145. The molecule has 1 aliphatic heterocycles.